The molecule has 0 bridgehead atoms. The fraction of sp³-hybridized carbons (Fsp3) is 0.909. The molecule has 87 valence electrons. The summed E-state index contributed by atoms with van der Waals surface area (Å²) in [5.74, 6) is 5.01. The van der Waals surface area contributed by atoms with E-state index in [1.165, 1.54) is 37.2 Å². The quantitative estimate of drug-likeness (QED) is 0.700. The van der Waals surface area contributed by atoms with Gasteiger partial charge in [0, 0.05) is 30.0 Å². The second-order valence-electron chi connectivity index (χ2n) is 3.89. The minimum atomic E-state index is 0.854. The molecule has 1 nitrogen and oxygen atoms in total. The predicted molar refractivity (Wildman–Crippen MR) is 73.7 cm³/mol. The highest BCUT2D eigenvalue weighted by molar-refractivity contribution is 8.18. The fourth-order valence-corrected chi connectivity index (χ4v) is 5.53. The van der Waals surface area contributed by atoms with Crippen molar-refractivity contribution in [1.29, 1.82) is 0 Å². The summed E-state index contributed by atoms with van der Waals surface area (Å²) >= 11 is 6.30. The molecule has 1 atom stereocenters. The molecule has 1 unspecified atom stereocenters. The number of thioether (sulfide) groups is 3. The maximum Gasteiger partial charge on any atom is 0.0506 e. The minimum absolute atomic E-state index is 0.854. The van der Waals surface area contributed by atoms with E-state index in [0.717, 1.165) is 23.0 Å². The molecule has 0 aromatic carbocycles. The molecular formula is C11H19OS3. The first-order valence-electron chi connectivity index (χ1n) is 5.73. The lowest BCUT2D eigenvalue weighted by Gasteiger charge is -2.21. The van der Waals surface area contributed by atoms with Crippen molar-refractivity contribution in [2.24, 2.45) is 0 Å². The second kappa shape index (κ2) is 7.36. The molecule has 1 radical (unpaired) electrons. The van der Waals surface area contributed by atoms with Crippen LogP contribution in [0.5, 0.6) is 0 Å². The number of ether oxygens (including phenoxy) is 1. The molecule has 0 aromatic rings. The molecule has 0 N–H and O–H groups in total. The largest absolute Gasteiger partial charge is 0.381 e. The Hall–Kier alpha value is 1.01. The molecule has 2 aliphatic heterocycles. The van der Waals surface area contributed by atoms with Gasteiger partial charge in [0.05, 0.1) is 4.58 Å². The van der Waals surface area contributed by atoms with Gasteiger partial charge in [-0.25, -0.2) is 0 Å². The van der Waals surface area contributed by atoms with Crippen LogP contribution in [0.3, 0.4) is 0 Å². The Morgan fingerprint density at radius 3 is 2.87 bits per heavy atom. The number of rotatable bonds is 5. The summed E-state index contributed by atoms with van der Waals surface area (Å²) in [6.45, 7) is 1.95. The van der Waals surface area contributed by atoms with Crippen molar-refractivity contribution in [3.05, 3.63) is 5.75 Å². The normalized spacial score (nSPS) is 28.4. The Morgan fingerprint density at radius 1 is 1.27 bits per heavy atom. The van der Waals surface area contributed by atoms with Crippen LogP contribution in [-0.4, -0.2) is 34.6 Å². The molecule has 2 fully saturated rings. The van der Waals surface area contributed by atoms with Crippen molar-refractivity contribution >= 4 is 35.3 Å². The molecule has 0 saturated carbocycles. The third-order valence-corrected chi connectivity index (χ3v) is 6.99. The van der Waals surface area contributed by atoms with Crippen LogP contribution in [0, 0.1) is 5.75 Å². The summed E-state index contributed by atoms with van der Waals surface area (Å²) in [6.07, 6.45) is 5.33. The topological polar surface area (TPSA) is 9.23 Å². The van der Waals surface area contributed by atoms with Gasteiger partial charge in [-0.05, 0) is 31.4 Å². The van der Waals surface area contributed by atoms with E-state index in [-0.39, 0.29) is 0 Å². The van der Waals surface area contributed by atoms with Crippen molar-refractivity contribution in [1.82, 2.24) is 0 Å². The van der Waals surface area contributed by atoms with Crippen LogP contribution in [0.15, 0.2) is 0 Å². The number of hydrogen-bond acceptors (Lipinski definition) is 4. The molecule has 0 aromatic heterocycles. The highest BCUT2D eigenvalue weighted by atomic mass is 32.2. The Balaban J connectivity index is 1.47. The average Bonchev–Trinajstić information content (AvgIpc) is 2.79. The van der Waals surface area contributed by atoms with Crippen molar-refractivity contribution in [2.75, 3.05) is 24.7 Å². The zero-order valence-electron chi connectivity index (χ0n) is 9.02. The van der Waals surface area contributed by atoms with Crippen LogP contribution in [0.2, 0.25) is 0 Å². The monoisotopic (exact) mass is 263 g/mol. The van der Waals surface area contributed by atoms with Crippen molar-refractivity contribution in [3.8, 4) is 0 Å². The van der Waals surface area contributed by atoms with Crippen LogP contribution in [-0.2, 0) is 4.74 Å². The molecule has 0 amide bonds. The van der Waals surface area contributed by atoms with E-state index in [1.54, 1.807) is 0 Å². The molecule has 0 spiro atoms. The second-order valence-corrected chi connectivity index (χ2v) is 8.01. The Labute approximate surface area is 106 Å². The van der Waals surface area contributed by atoms with Gasteiger partial charge in [-0.3, -0.25) is 0 Å². The van der Waals surface area contributed by atoms with Gasteiger partial charge in [0.1, 0.15) is 0 Å². The molecule has 2 saturated heterocycles. The molecule has 2 rings (SSSR count). The lowest BCUT2D eigenvalue weighted by Crippen LogP contribution is -2.17. The van der Waals surface area contributed by atoms with E-state index in [4.69, 9.17) is 4.74 Å². The lowest BCUT2D eigenvalue weighted by molar-refractivity contribution is 0.100. The summed E-state index contributed by atoms with van der Waals surface area (Å²) < 4.78 is 6.22. The van der Waals surface area contributed by atoms with Crippen molar-refractivity contribution in [3.63, 3.8) is 0 Å². The van der Waals surface area contributed by atoms with E-state index in [9.17, 15) is 0 Å². The van der Waals surface area contributed by atoms with E-state index in [1.807, 2.05) is 0 Å². The fourth-order valence-electron chi connectivity index (χ4n) is 1.82. The molecule has 2 heterocycles. The smallest absolute Gasteiger partial charge is 0.0506 e. The van der Waals surface area contributed by atoms with Crippen molar-refractivity contribution in [2.45, 2.75) is 35.5 Å². The Bertz CT molecular complexity index is 165. The average molecular weight is 263 g/mol. The van der Waals surface area contributed by atoms with Crippen molar-refractivity contribution < 1.29 is 4.74 Å². The van der Waals surface area contributed by atoms with Crippen LogP contribution in [0.25, 0.3) is 0 Å². The summed E-state index contributed by atoms with van der Waals surface area (Å²) in [5.41, 5.74) is 0. The van der Waals surface area contributed by atoms with E-state index >= 15 is 0 Å². The molecule has 2 aliphatic rings. The Morgan fingerprint density at radius 2 is 2.13 bits per heavy atom. The van der Waals surface area contributed by atoms with E-state index < -0.39 is 0 Å². The van der Waals surface area contributed by atoms with Crippen LogP contribution in [0.1, 0.15) is 25.7 Å². The third kappa shape index (κ3) is 4.80. The third-order valence-electron chi connectivity index (χ3n) is 2.70. The molecule has 15 heavy (non-hydrogen) atoms. The zero-order valence-corrected chi connectivity index (χ0v) is 11.5. The lowest BCUT2D eigenvalue weighted by atomic mass is 10.2. The maximum absolute atomic E-state index is 5.36. The van der Waals surface area contributed by atoms with Crippen LogP contribution < -0.4 is 0 Å². The summed E-state index contributed by atoms with van der Waals surface area (Å²) in [5, 5.41) is 0.854. The first-order chi connectivity index (χ1) is 7.45. The standard InChI is InChI=1S/C11H19OS3/c1-2-11(14-7-1)15-9-8-13-10-3-5-12-6-4-10/h9-11H,1-8H2. The van der Waals surface area contributed by atoms with Gasteiger partial charge in [0.25, 0.3) is 0 Å². The Kier molecular flexibility index (Phi) is 6.12. The summed E-state index contributed by atoms with van der Waals surface area (Å²) in [7, 11) is 0. The molecule has 0 aliphatic carbocycles. The summed E-state index contributed by atoms with van der Waals surface area (Å²) in [4.78, 5) is 0. The van der Waals surface area contributed by atoms with Crippen LogP contribution >= 0.6 is 35.3 Å². The SMILES string of the molecule is [CH](CSC1CCOCC1)SC1CCCS1. The summed E-state index contributed by atoms with van der Waals surface area (Å²) in [6, 6.07) is 0. The van der Waals surface area contributed by atoms with Gasteiger partial charge >= 0.3 is 0 Å². The number of hydrogen-bond donors (Lipinski definition) is 0. The van der Waals surface area contributed by atoms with Gasteiger partial charge < -0.3 is 4.74 Å². The zero-order chi connectivity index (χ0) is 10.3. The van der Waals surface area contributed by atoms with Gasteiger partial charge in [0.15, 0.2) is 0 Å². The van der Waals surface area contributed by atoms with E-state index in [0.29, 0.717) is 0 Å². The van der Waals surface area contributed by atoms with Gasteiger partial charge in [-0.1, -0.05) is 0 Å². The molecule has 4 heteroatoms. The van der Waals surface area contributed by atoms with Gasteiger partial charge in [0.2, 0.25) is 0 Å². The van der Waals surface area contributed by atoms with Gasteiger partial charge in [-0.15, -0.1) is 23.5 Å². The highest BCUT2D eigenvalue weighted by Crippen LogP contribution is 2.37. The minimum Gasteiger partial charge on any atom is -0.381 e. The predicted octanol–water partition coefficient (Wildman–Crippen LogP) is 3.65. The van der Waals surface area contributed by atoms with E-state index in [2.05, 4.69) is 41.0 Å². The maximum atomic E-state index is 5.36. The molecular weight excluding hydrogens is 244 g/mol. The first kappa shape index (κ1) is 12.5. The van der Waals surface area contributed by atoms with Crippen LogP contribution in [0.4, 0.5) is 0 Å². The first-order valence-corrected chi connectivity index (χ1v) is 8.77. The van der Waals surface area contributed by atoms with Gasteiger partial charge in [-0.2, -0.15) is 11.8 Å². The highest BCUT2D eigenvalue weighted by Gasteiger charge is 2.17.